The molecule has 36 heavy (non-hydrogen) atoms. The van der Waals surface area contributed by atoms with Crippen LogP contribution < -0.4 is 21.3 Å². The number of amides is 4. The van der Waals surface area contributed by atoms with E-state index in [-0.39, 0.29) is 12.1 Å². The summed E-state index contributed by atoms with van der Waals surface area (Å²) in [4.78, 5) is 24.1. The van der Waals surface area contributed by atoms with Gasteiger partial charge in [-0.05, 0) is 24.0 Å². The van der Waals surface area contributed by atoms with E-state index in [1.165, 1.54) is 0 Å². The molecule has 10 heteroatoms. The highest BCUT2D eigenvalue weighted by Gasteiger charge is 2.08. The molecule has 0 radical (unpaired) electrons. The lowest BCUT2D eigenvalue weighted by atomic mass is 10.2. The number of aromatic amines is 2. The molecule has 10 nitrogen and oxygen atoms in total. The van der Waals surface area contributed by atoms with Crippen LogP contribution in [0.4, 0.5) is 21.2 Å². The van der Waals surface area contributed by atoms with Gasteiger partial charge in [0.15, 0.2) is 11.6 Å². The summed E-state index contributed by atoms with van der Waals surface area (Å²) < 4.78 is 0. The maximum atomic E-state index is 12.1. The largest absolute Gasteiger partial charge is 0.338 e. The fraction of sp³-hybridized carbons (Fsp3) is 0.231. The number of H-pyrrole nitrogens is 2. The van der Waals surface area contributed by atoms with Crippen LogP contribution in [0.2, 0.25) is 0 Å². The van der Waals surface area contributed by atoms with Crippen molar-refractivity contribution in [1.29, 1.82) is 0 Å². The van der Waals surface area contributed by atoms with Gasteiger partial charge in [-0.15, -0.1) is 0 Å². The van der Waals surface area contributed by atoms with Gasteiger partial charge in [0.2, 0.25) is 0 Å². The van der Waals surface area contributed by atoms with Crippen LogP contribution in [-0.2, 0) is 0 Å². The number of nitrogens with one attached hydrogen (secondary N) is 6. The molecular formula is C26H30N8O2. The summed E-state index contributed by atoms with van der Waals surface area (Å²) in [6, 6.07) is 22.6. The topological polar surface area (TPSA) is 140 Å². The molecule has 0 bridgehead atoms. The molecule has 0 saturated carbocycles. The van der Waals surface area contributed by atoms with Crippen LogP contribution >= 0.6 is 0 Å². The Morgan fingerprint density at radius 1 is 0.611 bits per heavy atom. The van der Waals surface area contributed by atoms with Gasteiger partial charge in [-0.25, -0.2) is 9.59 Å². The molecule has 2 heterocycles. The van der Waals surface area contributed by atoms with E-state index in [1.807, 2.05) is 60.7 Å². The Morgan fingerprint density at radius 3 is 1.44 bits per heavy atom. The molecule has 0 fully saturated rings. The Balaban J connectivity index is 1.03. The molecule has 2 aromatic carbocycles. The minimum absolute atomic E-state index is 0.284. The summed E-state index contributed by atoms with van der Waals surface area (Å²) in [6.45, 7) is 1.14. The molecule has 6 N–H and O–H groups in total. The molecule has 0 unspecified atom stereocenters. The average Bonchev–Trinajstić information content (AvgIpc) is 3.56. The zero-order valence-corrected chi connectivity index (χ0v) is 19.9. The number of rotatable bonds is 11. The van der Waals surface area contributed by atoms with E-state index < -0.39 is 0 Å². The molecule has 0 aliphatic carbocycles. The van der Waals surface area contributed by atoms with Gasteiger partial charge in [0.25, 0.3) is 0 Å². The Morgan fingerprint density at radius 2 is 1.03 bits per heavy atom. The van der Waals surface area contributed by atoms with Crippen molar-refractivity contribution in [3.8, 4) is 22.5 Å². The van der Waals surface area contributed by atoms with Crippen molar-refractivity contribution in [2.24, 2.45) is 0 Å². The number of carbonyl (C=O) groups is 2. The zero-order valence-electron chi connectivity index (χ0n) is 19.9. The molecule has 0 aliphatic rings. The molecule has 4 rings (SSSR count). The molecule has 0 atom stereocenters. The number of aromatic nitrogens is 4. The number of benzene rings is 2. The van der Waals surface area contributed by atoms with Crippen LogP contribution in [0.1, 0.15) is 25.7 Å². The summed E-state index contributed by atoms with van der Waals surface area (Å²) >= 11 is 0. The summed E-state index contributed by atoms with van der Waals surface area (Å²) in [5.41, 5.74) is 3.69. The van der Waals surface area contributed by atoms with Crippen LogP contribution in [-0.4, -0.2) is 45.5 Å². The number of unbranched alkanes of at least 4 members (excludes halogenated alkanes) is 3. The van der Waals surface area contributed by atoms with Gasteiger partial charge >= 0.3 is 12.1 Å². The first kappa shape index (κ1) is 24.5. The highest BCUT2D eigenvalue weighted by molar-refractivity contribution is 5.89. The second-order valence-electron chi connectivity index (χ2n) is 8.24. The van der Waals surface area contributed by atoms with Gasteiger partial charge in [-0.1, -0.05) is 73.5 Å². The van der Waals surface area contributed by atoms with E-state index in [2.05, 4.69) is 41.7 Å². The third kappa shape index (κ3) is 7.45. The van der Waals surface area contributed by atoms with Gasteiger partial charge in [-0.2, -0.15) is 10.2 Å². The van der Waals surface area contributed by atoms with Crippen LogP contribution in [0.15, 0.2) is 72.8 Å². The summed E-state index contributed by atoms with van der Waals surface area (Å²) in [5.74, 6) is 0.948. The fourth-order valence-electron chi connectivity index (χ4n) is 3.63. The minimum Gasteiger partial charge on any atom is -0.338 e. The molecule has 186 valence electrons. The molecule has 0 spiro atoms. The lowest BCUT2D eigenvalue weighted by Gasteiger charge is -2.07. The number of urea groups is 2. The molecule has 0 aliphatic heterocycles. The standard InChI is InChI=1S/C26H30N8O2/c35-25(29-23-17-21(31-33-23)19-11-5-3-6-12-19)27-15-9-1-2-10-16-28-26(36)30-24-18-22(32-34-24)20-13-7-4-8-14-20/h3-8,11-14,17-18H,1-2,9-10,15-16H2,(H3,27,29,31,33,35)(H3,28,30,32,34,36). The van der Waals surface area contributed by atoms with Crippen LogP contribution in [0, 0.1) is 0 Å². The van der Waals surface area contributed by atoms with Gasteiger partial charge in [0.1, 0.15) is 0 Å². The zero-order chi connectivity index (χ0) is 25.0. The summed E-state index contributed by atoms with van der Waals surface area (Å²) in [7, 11) is 0. The minimum atomic E-state index is -0.284. The van der Waals surface area contributed by atoms with Gasteiger partial charge < -0.3 is 10.6 Å². The van der Waals surface area contributed by atoms with E-state index >= 15 is 0 Å². The molecule has 0 saturated heterocycles. The van der Waals surface area contributed by atoms with E-state index in [0.29, 0.717) is 24.7 Å². The van der Waals surface area contributed by atoms with Crippen molar-refractivity contribution < 1.29 is 9.59 Å². The number of nitrogens with zero attached hydrogens (tertiary/aromatic N) is 2. The van der Waals surface area contributed by atoms with Crippen LogP contribution in [0.25, 0.3) is 22.5 Å². The number of hydrogen-bond donors (Lipinski definition) is 6. The predicted molar refractivity (Wildman–Crippen MR) is 141 cm³/mol. The molecule has 4 amide bonds. The Bertz CT molecular complexity index is 1140. The van der Waals surface area contributed by atoms with E-state index in [9.17, 15) is 9.59 Å². The smallest absolute Gasteiger partial charge is 0.320 e. The highest BCUT2D eigenvalue weighted by atomic mass is 16.2. The van der Waals surface area contributed by atoms with Crippen molar-refractivity contribution in [1.82, 2.24) is 31.0 Å². The van der Waals surface area contributed by atoms with Gasteiger partial charge in [-0.3, -0.25) is 20.8 Å². The Kier molecular flexibility index (Phi) is 8.68. The summed E-state index contributed by atoms with van der Waals surface area (Å²) in [5, 5.41) is 25.2. The maximum Gasteiger partial charge on any atom is 0.320 e. The highest BCUT2D eigenvalue weighted by Crippen LogP contribution is 2.20. The summed E-state index contributed by atoms with van der Waals surface area (Å²) in [6.07, 6.45) is 3.60. The average molecular weight is 487 g/mol. The lowest BCUT2D eigenvalue weighted by Crippen LogP contribution is -2.30. The normalized spacial score (nSPS) is 10.6. The fourth-order valence-corrected chi connectivity index (χ4v) is 3.63. The van der Waals surface area contributed by atoms with E-state index in [0.717, 1.165) is 48.2 Å². The number of carbonyl (C=O) groups excluding carboxylic acids is 2. The van der Waals surface area contributed by atoms with E-state index in [1.54, 1.807) is 12.1 Å². The second kappa shape index (κ2) is 12.7. The SMILES string of the molecule is O=C(NCCCCCCNC(=O)Nc1cc(-c2ccccc2)[nH]n1)Nc1cc(-c2ccccc2)[nH]n1. The number of anilines is 2. The maximum absolute atomic E-state index is 12.1. The third-order valence-electron chi connectivity index (χ3n) is 5.48. The Labute approximate surface area is 209 Å². The first-order valence-corrected chi connectivity index (χ1v) is 12.0. The van der Waals surface area contributed by atoms with Crippen molar-refractivity contribution in [3.05, 3.63) is 72.8 Å². The monoisotopic (exact) mass is 486 g/mol. The lowest BCUT2D eigenvalue weighted by molar-refractivity contribution is 0.250. The predicted octanol–water partition coefficient (Wildman–Crippen LogP) is 4.97. The first-order valence-electron chi connectivity index (χ1n) is 12.0. The van der Waals surface area contributed by atoms with Crippen LogP contribution in [0.3, 0.4) is 0 Å². The van der Waals surface area contributed by atoms with Crippen molar-refractivity contribution in [3.63, 3.8) is 0 Å². The van der Waals surface area contributed by atoms with Gasteiger partial charge in [0, 0.05) is 25.2 Å². The molecule has 2 aromatic heterocycles. The first-order chi connectivity index (χ1) is 17.7. The van der Waals surface area contributed by atoms with E-state index in [4.69, 9.17) is 0 Å². The van der Waals surface area contributed by atoms with Crippen molar-refractivity contribution in [2.45, 2.75) is 25.7 Å². The molecular weight excluding hydrogens is 456 g/mol. The number of hydrogen-bond acceptors (Lipinski definition) is 4. The third-order valence-corrected chi connectivity index (χ3v) is 5.48. The second-order valence-corrected chi connectivity index (χ2v) is 8.24. The molecule has 4 aromatic rings. The van der Waals surface area contributed by atoms with Crippen molar-refractivity contribution >= 4 is 23.7 Å². The van der Waals surface area contributed by atoms with Crippen molar-refractivity contribution in [2.75, 3.05) is 23.7 Å². The quantitative estimate of drug-likeness (QED) is 0.167. The van der Waals surface area contributed by atoms with Gasteiger partial charge in [0.05, 0.1) is 11.4 Å². The van der Waals surface area contributed by atoms with Crippen LogP contribution in [0.5, 0.6) is 0 Å². The Hall–Kier alpha value is -4.60.